The van der Waals surface area contributed by atoms with E-state index in [1.807, 2.05) is 48.6 Å². The topological polar surface area (TPSA) is 81.1 Å². The Morgan fingerprint density at radius 1 is 0.562 bits per heavy atom. The molecular formula is C56H54N2O4S2. The van der Waals surface area contributed by atoms with E-state index in [9.17, 15) is 19.8 Å². The molecule has 2 atom stereocenters. The Kier molecular flexibility index (Phi) is 10.5. The number of carbonyl (C=O) groups is 2. The molecule has 2 unspecified atom stereocenters. The van der Waals surface area contributed by atoms with Gasteiger partial charge in [0.15, 0.2) is 11.6 Å². The number of thiophene rings is 2. The number of allylic oxidation sites excluding steroid dienone is 6. The van der Waals surface area contributed by atoms with Crippen molar-refractivity contribution in [2.75, 3.05) is 22.9 Å². The van der Waals surface area contributed by atoms with Crippen LogP contribution in [0, 0.1) is 11.8 Å². The van der Waals surface area contributed by atoms with E-state index in [2.05, 4.69) is 124 Å². The zero-order chi connectivity index (χ0) is 44.7. The quantitative estimate of drug-likeness (QED) is 0.127. The van der Waals surface area contributed by atoms with Crippen LogP contribution in [0.3, 0.4) is 0 Å². The molecule has 0 bridgehead atoms. The van der Waals surface area contributed by atoms with Crippen molar-refractivity contribution in [1.82, 2.24) is 0 Å². The van der Waals surface area contributed by atoms with Crippen LogP contribution < -0.4 is 9.80 Å². The Bertz CT molecular complexity index is 2870. The first-order valence-corrected chi connectivity index (χ1v) is 24.4. The SMILES string of the molecule is CCCCN1/C(=C\C2C(=O)C(c3ccc(/C=C/c4ccc(C5=C(O)C(/C=C6/N(CCCC)c7ccc8ccccc8c7C6(C)C)C5=O)s4)s3)=C2O)C(C)(C)c2c1ccc1ccccc21. The summed E-state index contributed by atoms with van der Waals surface area (Å²) in [5.41, 5.74) is 7.11. The van der Waals surface area contributed by atoms with Crippen LogP contribution in [0.15, 0.2) is 132 Å². The summed E-state index contributed by atoms with van der Waals surface area (Å²) < 4.78 is 0. The first kappa shape index (κ1) is 42.0. The van der Waals surface area contributed by atoms with Gasteiger partial charge in [0.2, 0.25) is 0 Å². The van der Waals surface area contributed by atoms with Gasteiger partial charge in [-0.2, -0.15) is 0 Å². The van der Waals surface area contributed by atoms with Gasteiger partial charge in [0, 0.05) is 66.2 Å². The summed E-state index contributed by atoms with van der Waals surface area (Å²) in [6, 6.07) is 33.5. The molecule has 8 heteroatoms. The molecule has 2 aliphatic carbocycles. The maximum Gasteiger partial charge on any atom is 0.182 e. The largest absolute Gasteiger partial charge is 0.510 e. The number of ketones is 2. The second-order valence-corrected chi connectivity index (χ2v) is 20.9. The molecule has 324 valence electrons. The van der Waals surface area contributed by atoms with Gasteiger partial charge in [0.25, 0.3) is 0 Å². The number of Topliss-reactive ketones (excluding diaryl/α,β-unsaturated/α-hetero) is 2. The Labute approximate surface area is 383 Å². The van der Waals surface area contributed by atoms with E-state index < -0.39 is 11.8 Å². The smallest absolute Gasteiger partial charge is 0.182 e. The first-order chi connectivity index (χ1) is 30.8. The summed E-state index contributed by atoms with van der Waals surface area (Å²) in [7, 11) is 0. The van der Waals surface area contributed by atoms with Gasteiger partial charge in [-0.25, -0.2) is 0 Å². The van der Waals surface area contributed by atoms with Crippen molar-refractivity contribution < 1.29 is 19.8 Å². The van der Waals surface area contributed by atoms with Crippen molar-refractivity contribution in [3.05, 3.63) is 163 Å². The third kappa shape index (κ3) is 6.55. The van der Waals surface area contributed by atoms with Crippen molar-refractivity contribution in [3.63, 3.8) is 0 Å². The number of benzene rings is 4. The Morgan fingerprint density at radius 3 is 1.36 bits per heavy atom. The third-order valence-corrected chi connectivity index (χ3v) is 16.1. The summed E-state index contributed by atoms with van der Waals surface area (Å²) >= 11 is 2.94. The lowest BCUT2D eigenvalue weighted by Crippen LogP contribution is -2.33. The first-order valence-electron chi connectivity index (χ1n) is 22.7. The van der Waals surface area contributed by atoms with Crippen LogP contribution >= 0.6 is 22.7 Å². The summed E-state index contributed by atoms with van der Waals surface area (Å²) in [4.78, 5) is 35.9. The van der Waals surface area contributed by atoms with Gasteiger partial charge in [-0.05, 0) is 106 Å². The Hall–Kier alpha value is -5.96. The molecule has 6 nitrogen and oxygen atoms in total. The average molecular weight is 883 g/mol. The summed E-state index contributed by atoms with van der Waals surface area (Å²) in [5.74, 6) is -1.24. The van der Waals surface area contributed by atoms with E-state index in [-0.39, 0.29) is 33.9 Å². The van der Waals surface area contributed by atoms with E-state index in [1.165, 1.54) is 66.7 Å². The molecule has 0 radical (unpaired) electrons. The lowest BCUT2D eigenvalue weighted by atomic mass is 9.76. The predicted molar refractivity (Wildman–Crippen MR) is 268 cm³/mol. The fraction of sp³-hybridized carbons (Fsp3) is 0.286. The molecule has 6 aromatic rings. The summed E-state index contributed by atoms with van der Waals surface area (Å²) in [5, 5.41) is 27.8. The van der Waals surface area contributed by atoms with Crippen LogP contribution in [0.1, 0.15) is 97.9 Å². The molecule has 64 heavy (non-hydrogen) atoms. The van der Waals surface area contributed by atoms with Crippen molar-refractivity contribution in [1.29, 1.82) is 0 Å². The molecule has 4 aromatic carbocycles. The average Bonchev–Trinajstić information content (AvgIpc) is 4.05. The van der Waals surface area contributed by atoms with Gasteiger partial charge >= 0.3 is 0 Å². The number of fused-ring (bicyclic) bond motifs is 6. The van der Waals surface area contributed by atoms with Gasteiger partial charge in [-0.3, -0.25) is 9.59 Å². The van der Waals surface area contributed by atoms with Gasteiger partial charge in [-0.1, -0.05) is 115 Å². The molecule has 0 fully saturated rings. The Morgan fingerprint density at radius 2 is 0.969 bits per heavy atom. The number of hydrogen-bond donors (Lipinski definition) is 2. The number of nitrogens with zero attached hydrogens (tertiary/aromatic N) is 2. The highest BCUT2D eigenvalue weighted by molar-refractivity contribution is 7.15. The zero-order valence-electron chi connectivity index (χ0n) is 37.4. The van der Waals surface area contributed by atoms with Gasteiger partial charge < -0.3 is 20.0 Å². The van der Waals surface area contributed by atoms with Crippen molar-refractivity contribution in [2.24, 2.45) is 11.8 Å². The fourth-order valence-corrected chi connectivity index (χ4v) is 12.5. The highest BCUT2D eigenvalue weighted by Crippen LogP contribution is 2.54. The van der Waals surface area contributed by atoms with Crippen LogP contribution in [0.5, 0.6) is 0 Å². The second kappa shape index (κ2) is 15.9. The molecular weight excluding hydrogens is 829 g/mol. The van der Waals surface area contributed by atoms with Gasteiger partial charge in [0.05, 0.1) is 11.1 Å². The van der Waals surface area contributed by atoms with Gasteiger partial charge in [-0.15, -0.1) is 22.7 Å². The van der Waals surface area contributed by atoms with Crippen LogP contribution in [0.2, 0.25) is 0 Å². The van der Waals surface area contributed by atoms with Crippen molar-refractivity contribution >= 4 is 90.5 Å². The van der Waals surface area contributed by atoms with Crippen molar-refractivity contribution in [2.45, 2.75) is 78.1 Å². The highest BCUT2D eigenvalue weighted by atomic mass is 32.1. The van der Waals surface area contributed by atoms with E-state index >= 15 is 0 Å². The van der Waals surface area contributed by atoms with Crippen LogP contribution in [0.4, 0.5) is 11.4 Å². The number of hydrogen-bond acceptors (Lipinski definition) is 8. The molecule has 0 saturated heterocycles. The van der Waals surface area contributed by atoms with Crippen LogP contribution in [-0.4, -0.2) is 34.9 Å². The fourth-order valence-electron chi connectivity index (χ4n) is 10.6. The summed E-state index contributed by atoms with van der Waals surface area (Å²) in [6.07, 6.45) is 12.2. The predicted octanol–water partition coefficient (Wildman–Crippen LogP) is 14.2. The number of aliphatic hydroxyl groups is 2. The molecule has 2 aromatic heterocycles. The number of carbonyl (C=O) groups excluding carboxylic acids is 2. The lowest BCUT2D eigenvalue weighted by molar-refractivity contribution is -0.118. The molecule has 2 N–H and O–H groups in total. The minimum Gasteiger partial charge on any atom is -0.510 e. The molecule has 10 rings (SSSR count). The molecule has 0 saturated carbocycles. The normalized spacial score (nSPS) is 21.3. The van der Waals surface area contributed by atoms with E-state index in [0.29, 0.717) is 11.1 Å². The van der Waals surface area contributed by atoms with Crippen LogP contribution in [-0.2, 0) is 20.4 Å². The minimum absolute atomic E-state index is 0.0623. The molecule has 2 aliphatic heterocycles. The molecule has 0 spiro atoms. The monoisotopic (exact) mass is 882 g/mol. The lowest BCUT2D eigenvalue weighted by Gasteiger charge is -2.31. The Balaban J connectivity index is 0.867. The summed E-state index contributed by atoms with van der Waals surface area (Å²) in [6.45, 7) is 15.0. The number of aliphatic hydroxyl groups excluding tert-OH is 2. The minimum atomic E-state index is -0.684. The molecule has 0 amide bonds. The van der Waals surface area contributed by atoms with E-state index in [4.69, 9.17) is 0 Å². The maximum atomic E-state index is 13.9. The number of anilines is 2. The van der Waals surface area contributed by atoms with Crippen molar-refractivity contribution in [3.8, 4) is 0 Å². The number of unbranched alkanes of at least 4 members (excludes halogenated alkanes) is 2. The van der Waals surface area contributed by atoms with E-state index in [0.717, 1.165) is 69.7 Å². The second-order valence-electron chi connectivity index (χ2n) is 18.7. The number of rotatable bonds is 12. The van der Waals surface area contributed by atoms with Gasteiger partial charge in [0.1, 0.15) is 23.4 Å². The van der Waals surface area contributed by atoms with E-state index in [1.54, 1.807) is 0 Å². The van der Waals surface area contributed by atoms with Crippen LogP contribution in [0.25, 0.3) is 44.8 Å². The third-order valence-electron chi connectivity index (χ3n) is 13.9. The zero-order valence-corrected chi connectivity index (χ0v) is 39.0. The standard InChI is InChI=1S/C56H54N2O4S2/c1-7-9-29-57-41-25-19-33-15-11-13-17-37(33)49(41)55(3,4)45(57)31-39-51(59)47(52(39)60)43-27-23-35(63-43)21-22-36-24-28-44(64-36)48-53(61)40(54(48)62)32-46-56(5,6)50-38-18-14-12-16-34(38)20-26-42(50)58(46)30-10-8-2/h11-28,31-32,39-40,59,61H,7-10,29-30H2,1-6H3/b22-21+,45-31-,46-32+. The maximum absolute atomic E-state index is 13.9. The highest BCUT2D eigenvalue weighted by Gasteiger charge is 2.47. The molecule has 4 heterocycles. The molecule has 4 aliphatic rings.